The maximum atomic E-state index is 13.6. The van der Waals surface area contributed by atoms with Crippen molar-refractivity contribution in [2.45, 2.75) is 31.7 Å². The van der Waals surface area contributed by atoms with E-state index in [-0.39, 0.29) is 25.0 Å². The molecule has 1 atom stereocenters. The predicted molar refractivity (Wildman–Crippen MR) is 149 cm³/mol. The van der Waals surface area contributed by atoms with Gasteiger partial charge in [-0.2, -0.15) is 0 Å². The third-order valence-corrected chi connectivity index (χ3v) is 8.17. The predicted octanol–water partition coefficient (Wildman–Crippen LogP) is 5.92. The Bertz CT molecular complexity index is 1530. The lowest BCUT2D eigenvalue weighted by atomic mass is 10.00. The molecule has 0 spiro atoms. The van der Waals surface area contributed by atoms with Gasteiger partial charge in [-0.3, -0.25) is 13.7 Å². The number of carbonyl (C=O) groups is 1. The number of fused-ring (bicyclic) bond motifs is 1. The fraction of sp³-hybridized carbons (Fsp3) is 0.250. The lowest BCUT2D eigenvalue weighted by molar-refractivity contribution is 0.0964. The molecule has 0 bridgehead atoms. The molecule has 3 N–H and O–H groups in total. The Balaban J connectivity index is 1.65. The Morgan fingerprint density at radius 1 is 1.18 bits per heavy atom. The number of aliphatic hydroxyl groups excluding tert-OH is 1. The van der Waals surface area contributed by atoms with Gasteiger partial charge in [0.1, 0.15) is 17.2 Å². The highest BCUT2D eigenvalue weighted by molar-refractivity contribution is 9.10. The molecule has 0 aliphatic heterocycles. The van der Waals surface area contributed by atoms with Crippen LogP contribution in [0.3, 0.4) is 0 Å². The van der Waals surface area contributed by atoms with Gasteiger partial charge in [0.05, 0.1) is 17.8 Å². The van der Waals surface area contributed by atoms with Gasteiger partial charge in [0.15, 0.2) is 0 Å². The molecule has 7 nitrogen and oxygen atoms in total. The second-order valence-corrected chi connectivity index (χ2v) is 11.0. The van der Waals surface area contributed by atoms with Crippen LogP contribution < -0.4 is 9.62 Å². The minimum Gasteiger partial charge on any atom is -0.455 e. The summed E-state index contributed by atoms with van der Waals surface area (Å²) in [4.78, 5) is 13.0. The first-order chi connectivity index (χ1) is 18.3. The van der Waals surface area contributed by atoms with Crippen LogP contribution in [0.1, 0.15) is 45.8 Å². The SMILES string of the molecule is CNC(=O)c1c(-c2ccc(F)cc2)oc2cc(N(Cc3ccc(Br)c(CCO)c3)S(=O)O)c(C3CC3)cc12. The summed E-state index contributed by atoms with van der Waals surface area (Å²) >= 11 is 1.14. The smallest absolute Gasteiger partial charge is 0.262 e. The summed E-state index contributed by atoms with van der Waals surface area (Å²) in [5, 5.41) is 12.6. The molecule has 1 aromatic heterocycles. The van der Waals surface area contributed by atoms with Gasteiger partial charge >= 0.3 is 0 Å². The van der Waals surface area contributed by atoms with Crippen molar-refractivity contribution in [2.75, 3.05) is 18.0 Å². The quantitative estimate of drug-likeness (QED) is 0.207. The van der Waals surface area contributed by atoms with Gasteiger partial charge in [0, 0.05) is 35.1 Å². The Morgan fingerprint density at radius 2 is 1.92 bits per heavy atom. The van der Waals surface area contributed by atoms with Crippen LogP contribution in [-0.2, 0) is 24.2 Å². The highest BCUT2D eigenvalue weighted by Crippen LogP contribution is 2.48. The van der Waals surface area contributed by atoms with E-state index in [1.54, 1.807) is 18.2 Å². The standard InChI is InChI=1S/C28H26BrFN2O5S/c1-31-28(34)26-22-13-21(17-3-4-17)24(14-25(22)37-27(26)18-5-7-20(30)8-6-18)32(38(35)36)15-16-2-9-23(29)19(12-16)10-11-33/h2,5-9,12-14,17,33H,3-4,10-11,15H2,1H3,(H,31,34)(H,35,36). The summed E-state index contributed by atoms with van der Waals surface area (Å²) in [6, 6.07) is 14.9. The van der Waals surface area contributed by atoms with Gasteiger partial charge in [-0.1, -0.05) is 28.1 Å². The zero-order valence-corrected chi connectivity index (χ0v) is 22.9. The van der Waals surface area contributed by atoms with Crippen molar-refractivity contribution in [3.05, 3.63) is 87.1 Å². The number of nitrogens with zero attached hydrogens (tertiary/aromatic N) is 1. The molecule has 0 radical (unpaired) electrons. The van der Waals surface area contributed by atoms with Crippen molar-refractivity contribution in [1.29, 1.82) is 0 Å². The Kier molecular flexibility index (Phi) is 7.67. The number of hydrogen-bond acceptors (Lipinski definition) is 4. The molecular formula is C28H26BrFN2O5S. The zero-order valence-electron chi connectivity index (χ0n) is 20.5. The Morgan fingerprint density at radius 3 is 2.55 bits per heavy atom. The van der Waals surface area contributed by atoms with E-state index in [4.69, 9.17) is 4.42 Å². The first kappa shape index (κ1) is 26.6. The largest absolute Gasteiger partial charge is 0.455 e. The van der Waals surface area contributed by atoms with Gasteiger partial charge in [-0.15, -0.1) is 0 Å². The molecule has 1 heterocycles. The van der Waals surface area contributed by atoms with Gasteiger partial charge in [-0.05, 0) is 78.3 Å². The molecular weight excluding hydrogens is 575 g/mol. The molecule has 198 valence electrons. The Labute approximate surface area is 230 Å². The van der Waals surface area contributed by atoms with Crippen LogP contribution in [0.5, 0.6) is 0 Å². The molecule has 1 aliphatic carbocycles. The average molecular weight is 601 g/mol. The van der Waals surface area contributed by atoms with Gasteiger partial charge in [-0.25, -0.2) is 8.60 Å². The van der Waals surface area contributed by atoms with Gasteiger partial charge < -0.3 is 14.8 Å². The lowest BCUT2D eigenvalue weighted by Gasteiger charge is -2.23. The van der Waals surface area contributed by atoms with Crippen LogP contribution in [0.15, 0.2) is 63.5 Å². The minimum atomic E-state index is -2.35. The van der Waals surface area contributed by atoms with Crippen LogP contribution in [0.2, 0.25) is 0 Å². The van der Waals surface area contributed by atoms with Gasteiger partial charge in [0.2, 0.25) is 0 Å². The number of anilines is 1. The van der Waals surface area contributed by atoms with Gasteiger partial charge in [0.25, 0.3) is 17.2 Å². The van der Waals surface area contributed by atoms with Crippen LogP contribution in [0.4, 0.5) is 10.1 Å². The van der Waals surface area contributed by atoms with Crippen molar-refractivity contribution in [1.82, 2.24) is 5.32 Å². The van der Waals surface area contributed by atoms with Crippen molar-refractivity contribution in [3.63, 3.8) is 0 Å². The van der Waals surface area contributed by atoms with Crippen LogP contribution in [-0.4, -0.2) is 33.4 Å². The minimum absolute atomic E-state index is 0.0112. The highest BCUT2D eigenvalue weighted by Gasteiger charge is 2.32. The molecule has 1 fully saturated rings. The van der Waals surface area contributed by atoms with Crippen LogP contribution in [0, 0.1) is 5.82 Å². The average Bonchev–Trinajstić information content (AvgIpc) is 3.68. The number of aliphatic hydroxyl groups is 1. The maximum Gasteiger partial charge on any atom is 0.262 e. The van der Waals surface area contributed by atoms with E-state index in [1.807, 2.05) is 24.3 Å². The van der Waals surface area contributed by atoms with E-state index in [2.05, 4.69) is 21.2 Å². The van der Waals surface area contributed by atoms with Crippen molar-refractivity contribution in [3.8, 4) is 11.3 Å². The number of benzene rings is 3. The molecule has 38 heavy (non-hydrogen) atoms. The second-order valence-electron chi connectivity index (χ2n) is 9.24. The fourth-order valence-electron chi connectivity index (χ4n) is 4.67. The van der Waals surface area contributed by atoms with E-state index >= 15 is 0 Å². The molecule has 5 rings (SSSR count). The van der Waals surface area contributed by atoms with E-state index in [0.717, 1.165) is 34.0 Å². The third kappa shape index (κ3) is 5.26. The summed E-state index contributed by atoms with van der Waals surface area (Å²) in [5.74, 6) is -0.249. The first-order valence-corrected chi connectivity index (χ1v) is 14.0. The summed E-state index contributed by atoms with van der Waals surface area (Å²) < 4.78 is 45.0. The topological polar surface area (TPSA) is 103 Å². The second kappa shape index (κ2) is 11.0. The number of halogens is 2. The first-order valence-electron chi connectivity index (χ1n) is 12.2. The number of hydrogen-bond donors (Lipinski definition) is 3. The zero-order chi connectivity index (χ0) is 27.0. The fourth-order valence-corrected chi connectivity index (χ4v) is 5.70. The van der Waals surface area contributed by atoms with Crippen molar-refractivity contribution in [2.24, 2.45) is 0 Å². The molecule has 3 aromatic carbocycles. The number of amides is 1. The molecule has 10 heteroatoms. The monoisotopic (exact) mass is 600 g/mol. The molecule has 4 aromatic rings. The van der Waals surface area contributed by atoms with E-state index in [9.17, 15) is 23.1 Å². The maximum absolute atomic E-state index is 13.6. The molecule has 0 saturated heterocycles. The summed E-state index contributed by atoms with van der Waals surface area (Å²) in [6.45, 7) is 0.136. The van der Waals surface area contributed by atoms with Crippen LogP contribution >= 0.6 is 15.9 Å². The number of furan rings is 1. The third-order valence-electron chi connectivity index (χ3n) is 6.69. The lowest BCUT2D eigenvalue weighted by Crippen LogP contribution is -2.26. The number of nitrogens with one attached hydrogen (secondary N) is 1. The number of carbonyl (C=O) groups excluding carboxylic acids is 1. The Hall–Kier alpha value is -3.05. The molecule has 1 amide bonds. The molecule has 1 saturated carbocycles. The summed E-state index contributed by atoms with van der Waals surface area (Å²) in [5.41, 5.74) is 4.38. The van der Waals surface area contributed by atoms with Crippen LogP contribution in [0.25, 0.3) is 22.3 Å². The van der Waals surface area contributed by atoms with Crippen molar-refractivity contribution < 1.29 is 27.5 Å². The summed E-state index contributed by atoms with van der Waals surface area (Å²) in [7, 11) is 1.53. The summed E-state index contributed by atoms with van der Waals surface area (Å²) in [6.07, 6.45) is 2.32. The van der Waals surface area contributed by atoms with E-state index < -0.39 is 17.1 Å². The normalized spacial score (nSPS) is 14.0. The van der Waals surface area contributed by atoms with E-state index in [0.29, 0.717) is 40.0 Å². The highest BCUT2D eigenvalue weighted by atomic mass is 79.9. The van der Waals surface area contributed by atoms with Crippen molar-refractivity contribution >= 4 is 49.8 Å². The molecule has 1 unspecified atom stereocenters. The number of rotatable bonds is 9. The molecule has 1 aliphatic rings. The van der Waals surface area contributed by atoms with E-state index in [1.165, 1.54) is 23.5 Å².